The molecule has 1 N–H and O–H groups in total. The van der Waals surface area contributed by atoms with Crippen LogP contribution in [0.25, 0.3) is 0 Å². The lowest BCUT2D eigenvalue weighted by Crippen LogP contribution is -2.27. The summed E-state index contributed by atoms with van der Waals surface area (Å²) >= 11 is 0. The van der Waals surface area contributed by atoms with Gasteiger partial charge in [0.2, 0.25) is 0 Å². The molecule has 0 aliphatic heterocycles. The zero-order chi connectivity index (χ0) is 29.9. The van der Waals surface area contributed by atoms with Crippen molar-refractivity contribution in [2.75, 3.05) is 19.8 Å². The third kappa shape index (κ3) is 33.8. The minimum atomic E-state index is -0.522. The van der Waals surface area contributed by atoms with E-state index in [-0.39, 0.29) is 12.6 Å². The van der Waals surface area contributed by atoms with Gasteiger partial charge >= 0.3 is 5.97 Å². The quantitative estimate of drug-likeness (QED) is 0.0596. The zero-order valence-corrected chi connectivity index (χ0v) is 28.1. The highest BCUT2D eigenvalue weighted by molar-refractivity contribution is 5.69. The van der Waals surface area contributed by atoms with Crippen LogP contribution in [0, 0.1) is 0 Å². The summed E-state index contributed by atoms with van der Waals surface area (Å²) in [6.07, 6.45) is 38.5. The molecule has 0 fully saturated rings. The van der Waals surface area contributed by atoms with Crippen molar-refractivity contribution in [2.45, 2.75) is 213 Å². The molecular weight excluding hydrogens is 508 g/mol. The van der Waals surface area contributed by atoms with Crippen LogP contribution in [0.3, 0.4) is 0 Å². The van der Waals surface area contributed by atoms with Crippen molar-refractivity contribution >= 4 is 5.97 Å². The molecule has 0 aliphatic rings. The Labute approximate surface area is 257 Å². The molecule has 0 aromatic heterocycles. The highest BCUT2D eigenvalue weighted by Gasteiger charge is 2.13. The van der Waals surface area contributed by atoms with Crippen molar-refractivity contribution in [2.24, 2.45) is 0 Å². The lowest BCUT2D eigenvalue weighted by atomic mass is 10.0. The molecule has 1 unspecified atom stereocenters. The van der Waals surface area contributed by atoms with Crippen molar-refractivity contribution in [3.63, 3.8) is 0 Å². The molecule has 0 spiro atoms. The average Bonchev–Trinajstić information content (AvgIpc) is 2.98. The molecule has 0 radical (unpaired) electrons. The zero-order valence-electron chi connectivity index (χ0n) is 28.1. The van der Waals surface area contributed by atoms with Crippen LogP contribution in [0.5, 0.6) is 0 Å². The Morgan fingerprint density at radius 2 is 0.805 bits per heavy atom. The van der Waals surface area contributed by atoms with Gasteiger partial charge < -0.3 is 14.6 Å². The highest BCUT2D eigenvalue weighted by Crippen LogP contribution is 2.15. The van der Waals surface area contributed by atoms with Crippen LogP contribution < -0.4 is 0 Å². The van der Waals surface area contributed by atoms with Crippen LogP contribution in [0.1, 0.15) is 206 Å². The van der Waals surface area contributed by atoms with Gasteiger partial charge in [-0.2, -0.15) is 0 Å². The number of hydrogen-bond donors (Lipinski definition) is 1. The molecule has 0 rings (SSSR count). The van der Waals surface area contributed by atoms with Gasteiger partial charge in [-0.1, -0.05) is 187 Å². The maximum atomic E-state index is 12.1. The molecule has 4 nitrogen and oxygen atoms in total. The van der Waals surface area contributed by atoms with E-state index in [1.165, 1.54) is 167 Å². The first-order valence-corrected chi connectivity index (χ1v) is 18.6. The monoisotopic (exact) mass is 583 g/mol. The minimum absolute atomic E-state index is 0.164. The lowest BCUT2D eigenvalue weighted by Gasteiger charge is -2.16. The van der Waals surface area contributed by atoms with Crippen LogP contribution in [0.4, 0.5) is 0 Å². The van der Waals surface area contributed by atoms with Crippen molar-refractivity contribution in [1.29, 1.82) is 0 Å². The Morgan fingerprint density at radius 1 is 0.488 bits per heavy atom. The molecule has 1 atom stereocenters. The standard InChI is InChI=1S/C37H74O4/c1-3-5-7-9-11-13-15-16-17-18-19-20-21-22-24-26-28-30-32-37(39)41-36(34-38)35-40-33-31-29-27-25-23-14-12-10-8-6-4-2/h36,38H,3-35H2,1-2H3. The molecule has 4 heteroatoms. The van der Waals surface area contributed by atoms with Crippen molar-refractivity contribution in [1.82, 2.24) is 0 Å². The van der Waals surface area contributed by atoms with Gasteiger partial charge in [-0.05, 0) is 12.8 Å². The second-order valence-corrected chi connectivity index (χ2v) is 12.7. The number of carbonyl (C=O) groups excluding carboxylic acids is 1. The van der Waals surface area contributed by atoms with E-state index in [0.29, 0.717) is 19.6 Å². The van der Waals surface area contributed by atoms with Gasteiger partial charge in [0.05, 0.1) is 13.2 Å². The summed E-state index contributed by atoms with van der Waals surface area (Å²) in [5.41, 5.74) is 0. The molecule has 0 heterocycles. The van der Waals surface area contributed by atoms with Crippen LogP contribution >= 0.6 is 0 Å². The van der Waals surface area contributed by atoms with Gasteiger partial charge in [0.25, 0.3) is 0 Å². The molecular formula is C37H74O4. The van der Waals surface area contributed by atoms with Crippen LogP contribution in [0.15, 0.2) is 0 Å². The molecule has 0 aromatic carbocycles. The Bertz CT molecular complexity index is 495. The second kappa shape index (κ2) is 35.6. The SMILES string of the molecule is CCCCCCCCCCCCCCCCCCCCC(=O)OC(CO)COCCCCCCCCCCCCC. The van der Waals surface area contributed by atoms with Gasteiger partial charge in [-0.25, -0.2) is 0 Å². The third-order valence-corrected chi connectivity index (χ3v) is 8.43. The molecule has 41 heavy (non-hydrogen) atoms. The summed E-state index contributed by atoms with van der Waals surface area (Å²) in [7, 11) is 0. The smallest absolute Gasteiger partial charge is 0.306 e. The van der Waals surface area contributed by atoms with Gasteiger partial charge in [0.15, 0.2) is 0 Å². The van der Waals surface area contributed by atoms with Gasteiger partial charge in [0.1, 0.15) is 6.10 Å². The summed E-state index contributed by atoms with van der Waals surface area (Å²) in [4.78, 5) is 12.1. The van der Waals surface area contributed by atoms with E-state index >= 15 is 0 Å². The summed E-state index contributed by atoms with van der Waals surface area (Å²) in [6.45, 7) is 5.38. The number of aliphatic hydroxyl groups excluding tert-OH is 1. The van der Waals surface area contributed by atoms with Gasteiger partial charge in [0, 0.05) is 13.0 Å². The number of hydrogen-bond acceptors (Lipinski definition) is 4. The molecule has 246 valence electrons. The molecule has 0 aromatic rings. The maximum absolute atomic E-state index is 12.1. The third-order valence-electron chi connectivity index (χ3n) is 8.43. The largest absolute Gasteiger partial charge is 0.457 e. The van der Waals surface area contributed by atoms with E-state index in [9.17, 15) is 9.90 Å². The average molecular weight is 583 g/mol. The predicted octanol–water partition coefficient (Wildman–Crippen LogP) is 11.6. The number of rotatable bonds is 35. The maximum Gasteiger partial charge on any atom is 0.306 e. The number of carbonyl (C=O) groups is 1. The lowest BCUT2D eigenvalue weighted by molar-refractivity contribution is -0.154. The van der Waals surface area contributed by atoms with Crippen LogP contribution in [0.2, 0.25) is 0 Å². The summed E-state index contributed by atoms with van der Waals surface area (Å²) in [6, 6.07) is 0. The minimum Gasteiger partial charge on any atom is -0.457 e. The Morgan fingerprint density at radius 3 is 1.15 bits per heavy atom. The van der Waals surface area contributed by atoms with Crippen molar-refractivity contribution in [3.8, 4) is 0 Å². The fraction of sp³-hybridized carbons (Fsp3) is 0.973. The van der Waals surface area contributed by atoms with Crippen LogP contribution in [-0.4, -0.2) is 37.0 Å². The Balaban J connectivity index is 3.37. The van der Waals surface area contributed by atoms with E-state index in [4.69, 9.17) is 9.47 Å². The number of unbranched alkanes of at least 4 members (excludes halogenated alkanes) is 27. The van der Waals surface area contributed by atoms with Crippen molar-refractivity contribution < 1.29 is 19.4 Å². The summed E-state index contributed by atoms with van der Waals surface area (Å²) in [5, 5.41) is 9.54. The summed E-state index contributed by atoms with van der Waals surface area (Å²) in [5.74, 6) is -0.196. The van der Waals surface area contributed by atoms with Gasteiger partial charge in [-0.3, -0.25) is 4.79 Å². The molecule has 0 aliphatic carbocycles. The molecule has 0 saturated heterocycles. The first kappa shape index (κ1) is 40.4. The van der Waals surface area contributed by atoms with E-state index in [1.54, 1.807) is 0 Å². The number of aliphatic hydroxyl groups is 1. The van der Waals surface area contributed by atoms with Gasteiger partial charge in [-0.15, -0.1) is 0 Å². The Hall–Kier alpha value is -0.610. The van der Waals surface area contributed by atoms with E-state index < -0.39 is 6.10 Å². The fourth-order valence-corrected chi connectivity index (χ4v) is 5.62. The second-order valence-electron chi connectivity index (χ2n) is 12.7. The summed E-state index contributed by atoms with van der Waals surface area (Å²) < 4.78 is 11.1. The topological polar surface area (TPSA) is 55.8 Å². The number of esters is 1. The molecule has 0 saturated carbocycles. The Kier molecular flexibility index (Phi) is 35.1. The predicted molar refractivity (Wildman–Crippen MR) is 178 cm³/mol. The highest BCUT2D eigenvalue weighted by atomic mass is 16.6. The fourth-order valence-electron chi connectivity index (χ4n) is 5.62. The van der Waals surface area contributed by atoms with E-state index in [1.807, 2.05) is 0 Å². The molecule has 0 amide bonds. The van der Waals surface area contributed by atoms with Crippen LogP contribution in [-0.2, 0) is 14.3 Å². The first-order valence-electron chi connectivity index (χ1n) is 18.6. The number of ether oxygens (including phenoxy) is 2. The first-order chi connectivity index (χ1) is 20.2. The van der Waals surface area contributed by atoms with Crippen molar-refractivity contribution in [3.05, 3.63) is 0 Å². The van der Waals surface area contributed by atoms with E-state index in [2.05, 4.69) is 13.8 Å². The molecule has 0 bridgehead atoms. The normalized spacial score (nSPS) is 12.2. The van der Waals surface area contributed by atoms with E-state index in [0.717, 1.165) is 19.3 Å².